The van der Waals surface area contributed by atoms with Crippen molar-refractivity contribution in [2.24, 2.45) is 0 Å². The van der Waals surface area contributed by atoms with Gasteiger partial charge in [0.2, 0.25) is 0 Å². The van der Waals surface area contributed by atoms with Crippen LogP contribution in [0.1, 0.15) is 25.8 Å². The molecule has 0 amide bonds. The van der Waals surface area contributed by atoms with Crippen molar-refractivity contribution in [3.63, 3.8) is 0 Å². The van der Waals surface area contributed by atoms with Gasteiger partial charge in [0.15, 0.2) is 0 Å². The van der Waals surface area contributed by atoms with E-state index in [4.69, 9.17) is 16.3 Å². The molecule has 0 saturated heterocycles. The van der Waals surface area contributed by atoms with E-state index in [0.717, 1.165) is 23.0 Å². The maximum atomic E-state index is 11.6. The summed E-state index contributed by atoms with van der Waals surface area (Å²) in [5.74, 6) is -0.191. The highest BCUT2D eigenvalue weighted by molar-refractivity contribution is 9.10. The second-order valence-electron chi connectivity index (χ2n) is 4.25. The van der Waals surface area contributed by atoms with Crippen molar-refractivity contribution in [2.75, 3.05) is 19.7 Å². The lowest BCUT2D eigenvalue weighted by Gasteiger charge is -2.21. The van der Waals surface area contributed by atoms with Gasteiger partial charge in [-0.1, -0.05) is 40.5 Å². The lowest BCUT2D eigenvalue weighted by atomic mass is 10.2. The molecule has 1 aromatic carbocycles. The smallest absolute Gasteiger partial charge is 0.320 e. The van der Waals surface area contributed by atoms with Gasteiger partial charge in [0, 0.05) is 16.0 Å². The van der Waals surface area contributed by atoms with E-state index < -0.39 is 0 Å². The maximum absolute atomic E-state index is 11.6. The van der Waals surface area contributed by atoms with Gasteiger partial charge in [-0.15, -0.1) is 0 Å². The number of carbonyl (C=O) groups excluding carboxylic acids is 1. The molecule has 0 bridgehead atoms. The lowest BCUT2D eigenvalue weighted by Crippen LogP contribution is -2.31. The van der Waals surface area contributed by atoms with Crippen molar-refractivity contribution in [3.05, 3.63) is 33.3 Å². The molecule has 0 unspecified atom stereocenters. The molecule has 0 spiro atoms. The van der Waals surface area contributed by atoms with Gasteiger partial charge >= 0.3 is 5.97 Å². The molecule has 0 aliphatic heterocycles. The predicted molar refractivity (Wildman–Crippen MR) is 81.4 cm³/mol. The van der Waals surface area contributed by atoms with Crippen molar-refractivity contribution in [1.29, 1.82) is 0 Å². The first-order chi connectivity index (χ1) is 9.06. The summed E-state index contributed by atoms with van der Waals surface area (Å²) in [6, 6.07) is 5.79. The summed E-state index contributed by atoms with van der Waals surface area (Å²) in [6.07, 6.45) is 0.980. The van der Waals surface area contributed by atoms with Crippen LogP contribution in [0, 0.1) is 0 Å². The van der Waals surface area contributed by atoms with E-state index in [1.54, 1.807) is 0 Å². The van der Waals surface area contributed by atoms with Crippen molar-refractivity contribution >= 4 is 33.5 Å². The van der Waals surface area contributed by atoms with Crippen LogP contribution in [0.4, 0.5) is 0 Å². The van der Waals surface area contributed by atoms with Crippen LogP contribution in [-0.4, -0.2) is 30.6 Å². The lowest BCUT2D eigenvalue weighted by molar-refractivity contribution is -0.144. The Hall–Kier alpha value is -0.580. The molecule has 1 rings (SSSR count). The molecule has 0 atom stereocenters. The van der Waals surface area contributed by atoms with Crippen molar-refractivity contribution in [1.82, 2.24) is 4.90 Å². The Kier molecular flexibility index (Phi) is 7.42. The molecule has 0 fully saturated rings. The third-order valence-electron chi connectivity index (χ3n) is 2.61. The fraction of sp³-hybridized carbons (Fsp3) is 0.500. The summed E-state index contributed by atoms with van der Waals surface area (Å²) in [6.45, 7) is 6.10. The number of rotatable bonds is 7. The Morgan fingerprint density at radius 2 is 2.16 bits per heavy atom. The normalized spacial score (nSPS) is 10.8. The number of carbonyl (C=O) groups is 1. The number of benzene rings is 1. The number of hydrogen-bond donors (Lipinski definition) is 0. The van der Waals surface area contributed by atoms with E-state index >= 15 is 0 Å². The topological polar surface area (TPSA) is 29.5 Å². The van der Waals surface area contributed by atoms with E-state index in [2.05, 4.69) is 22.9 Å². The quantitative estimate of drug-likeness (QED) is 0.700. The maximum Gasteiger partial charge on any atom is 0.320 e. The summed E-state index contributed by atoms with van der Waals surface area (Å²) in [5, 5.41) is 0.708. The molecule has 3 nitrogen and oxygen atoms in total. The standard InChI is InChI=1S/C14H19BrClNO2/c1-3-7-17(10-14(18)19-4-2)9-11-5-6-12(15)8-13(11)16/h5-6,8H,3-4,7,9-10H2,1-2H3. The number of hydrogen-bond acceptors (Lipinski definition) is 3. The molecule has 0 aliphatic rings. The molecule has 0 aromatic heterocycles. The summed E-state index contributed by atoms with van der Waals surface area (Å²) < 4.78 is 5.94. The monoisotopic (exact) mass is 347 g/mol. The molecular weight excluding hydrogens is 330 g/mol. The molecule has 19 heavy (non-hydrogen) atoms. The van der Waals surface area contributed by atoms with E-state index in [1.165, 1.54) is 0 Å². The van der Waals surface area contributed by atoms with Gasteiger partial charge < -0.3 is 4.74 Å². The van der Waals surface area contributed by atoms with Crippen LogP contribution in [0.5, 0.6) is 0 Å². The third-order valence-corrected chi connectivity index (χ3v) is 3.45. The highest BCUT2D eigenvalue weighted by Crippen LogP contribution is 2.22. The second-order valence-corrected chi connectivity index (χ2v) is 5.57. The summed E-state index contributed by atoms with van der Waals surface area (Å²) >= 11 is 9.58. The van der Waals surface area contributed by atoms with Crippen LogP contribution in [0.2, 0.25) is 5.02 Å². The second kappa shape index (κ2) is 8.56. The number of esters is 1. The van der Waals surface area contributed by atoms with Gasteiger partial charge in [-0.25, -0.2) is 0 Å². The molecular formula is C14H19BrClNO2. The van der Waals surface area contributed by atoms with Crippen LogP contribution >= 0.6 is 27.5 Å². The fourth-order valence-electron chi connectivity index (χ4n) is 1.81. The van der Waals surface area contributed by atoms with Gasteiger partial charge in [-0.05, 0) is 37.6 Å². The van der Waals surface area contributed by atoms with E-state index in [1.807, 2.05) is 30.0 Å². The SMILES string of the molecule is CCCN(CC(=O)OCC)Cc1ccc(Br)cc1Cl. The van der Waals surface area contributed by atoms with Gasteiger partial charge in [0.05, 0.1) is 13.2 Å². The van der Waals surface area contributed by atoms with Crippen LogP contribution < -0.4 is 0 Å². The summed E-state index contributed by atoms with van der Waals surface area (Å²) in [7, 11) is 0. The van der Waals surface area contributed by atoms with Crippen LogP contribution in [0.25, 0.3) is 0 Å². The molecule has 0 aliphatic carbocycles. The minimum Gasteiger partial charge on any atom is -0.465 e. The van der Waals surface area contributed by atoms with Gasteiger partial charge in [0.25, 0.3) is 0 Å². The minimum atomic E-state index is -0.191. The van der Waals surface area contributed by atoms with E-state index in [9.17, 15) is 4.79 Å². The minimum absolute atomic E-state index is 0.191. The average molecular weight is 349 g/mol. The average Bonchev–Trinajstić information content (AvgIpc) is 2.33. The van der Waals surface area contributed by atoms with Gasteiger partial charge in [0.1, 0.15) is 0 Å². The van der Waals surface area contributed by atoms with Crippen molar-refractivity contribution < 1.29 is 9.53 Å². The zero-order chi connectivity index (χ0) is 14.3. The Labute approximate surface area is 128 Å². The molecule has 0 saturated carbocycles. The van der Waals surface area contributed by atoms with Crippen molar-refractivity contribution in [3.8, 4) is 0 Å². The molecule has 1 aromatic rings. The zero-order valence-electron chi connectivity index (χ0n) is 11.3. The number of halogens is 2. The van der Waals surface area contributed by atoms with Gasteiger partial charge in [-0.2, -0.15) is 0 Å². The highest BCUT2D eigenvalue weighted by Gasteiger charge is 2.13. The first kappa shape index (κ1) is 16.5. The Morgan fingerprint density at radius 1 is 1.42 bits per heavy atom. The Balaban J connectivity index is 2.69. The molecule has 106 valence electrons. The largest absolute Gasteiger partial charge is 0.465 e. The summed E-state index contributed by atoms with van der Waals surface area (Å²) in [4.78, 5) is 13.6. The van der Waals surface area contributed by atoms with Crippen LogP contribution in [-0.2, 0) is 16.1 Å². The molecule has 0 radical (unpaired) electrons. The predicted octanol–water partition coefficient (Wildman–Crippen LogP) is 3.88. The van der Waals surface area contributed by atoms with Crippen LogP contribution in [0.15, 0.2) is 22.7 Å². The zero-order valence-corrected chi connectivity index (χ0v) is 13.6. The number of ether oxygens (including phenoxy) is 1. The highest BCUT2D eigenvalue weighted by atomic mass is 79.9. The van der Waals surface area contributed by atoms with E-state index in [-0.39, 0.29) is 5.97 Å². The van der Waals surface area contributed by atoms with Crippen LogP contribution in [0.3, 0.4) is 0 Å². The summed E-state index contributed by atoms with van der Waals surface area (Å²) in [5.41, 5.74) is 1.02. The fourth-order valence-corrected chi connectivity index (χ4v) is 2.54. The Bertz CT molecular complexity index is 426. The van der Waals surface area contributed by atoms with Gasteiger partial charge in [-0.3, -0.25) is 9.69 Å². The third kappa shape index (κ3) is 5.93. The molecule has 0 N–H and O–H groups in total. The van der Waals surface area contributed by atoms with Crippen molar-refractivity contribution in [2.45, 2.75) is 26.8 Å². The first-order valence-corrected chi connectivity index (χ1v) is 7.55. The molecule has 0 heterocycles. The molecule has 5 heteroatoms. The first-order valence-electron chi connectivity index (χ1n) is 6.38. The number of nitrogens with zero attached hydrogens (tertiary/aromatic N) is 1. The van der Waals surface area contributed by atoms with E-state index in [0.29, 0.717) is 24.7 Å². The Morgan fingerprint density at radius 3 is 2.74 bits per heavy atom.